The molecular formula is C12H14N2O. The molecule has 3 heteroatoms. The average Bonchev–Trinajstić information content (AvgIpc) is 2.65. The third-order valence-electron chi connectivity index (χ3n) is 2.48. The smallest absolute Gasteiger partial charge is 0.125 e. The van der Waals surface area contributed by atoms with E-state index in [-0.39, 0.29) is 6.04 Å². The maximum absolute atomic E-state index is 6.10. The third kappa shape index (κ3) is 1.92. The van der Waals surface area contributed by atoms with Crippen LogP contribution >= 0.6 is 0 Å². The van der Waals surface area contributed by atoms with Crippen molar-refractivity contribution in [3.05, 3.63) is 53.2 Å². The van der Waals surface area contributed by atoms with Gasteiger partial charge >= 0.3 is 0 Å². The number of rotatable bonds is 2. The van der Waals surface area contributed by atoms with Gasteiger partial charge in [0.2, 0.25) is 0 Å². The number of aromatic nitrogens is 1. The molecule has 0 saturated carbocycles. The quantitative estimate of drug-likeness (QED) is 0.813. The van der Waals surface area contributed by atoms with Gasteiger partial charge in [0.25, 0.3) is 0 Å². The Kier molecular flexibility index (Phi) is 2.56. The summed E-state index contributed by atoms with van der Waals surface area (Å²) in [5.41, 5.74) is 8.23. The Bertz CT molecular complexity index is 462. The number of nitrogens with zero attached hydrogens (tertiary/aromatic N) is 1. The molecule has 0 amide bonds. The molecule has 2 aromatic heterocycles. The van der Waals surface area contributed by atoms with Gasteiger partial charge in [-0.25, -0.2) is 0 Å². The highest BCUT2D eigenvalue weighted by Crippen LogP contribution is 2.23. The molecule has 0 saturated heterocycles. The summed E-state index contributed by atoms with van der Waals surface area (Å²) in [6.45, 7) is 3.93. The zero-order valence-electron chi connectivity index (χ0n) is 8.90. The zero-order chi connectivity index (χ0) is 10.8. The molecule has 1 unspecified atom stereocenters. The predicted octanol–water partition coefficient (Wildman–Crippen LogP) is 2.34. The monoisotopic (exact) mass is 202 g/mol. The summed E-state index contributed by atoms with van der Waals surface area (Å²) in [6.07, 6.45) is 3.55. The van der Waals surface area contributed by atoms with Crippen molar-refractivity contribution < 1.29 is 4.42 Å². The molecule has 3 nitrogen and oxygen atoms in total. The first-order valence-corrected chi connectivity index (χ1v) is 4.91. The van der Waals surface area contributed by atoms with Crippen LogP contribution in [0.5, 0.6) is 0 Å². The lowest BCUT2D eigenvalue weighted by atomic mass is 10.0. The minimum Gasteiger partial charge on any atom is -0.464 e. The zero-order valence-corrected chi connectivity index (χ0v) is 8.90. The minimum absolute atomic E-state index is 0.229. The average molecular weight is 202 g/mol. The summed E-state index contributed by atoms with van der Waals surface area (Å²) >= 11 is 0. The van der Waals surface area contributed by atoms with Crippen molar-refractivity contribution in [2.24, 2.45) is 5.73 Å². The Morgan fingerprint density at radius 2 is 2.07 bits per heavy atom. The largest absolute Gasteiger partial charge is 0.464 e. The fourth-order valence-electron chi connectivity index (χ4n) is 1.58. The Labute approximate surface area is 88.9 Å². The molecule has 0 aliphatic heterocycles. The van der Waals surface area contributed by atoms with E-state index >= 15 is 0 Å². The van der Waals surface area contributed by atoms with Crippen LogP contribution in [0.15, 0.2) is 35.0 Å². The number of aryl methyl sites for hydroxylation is 2. The van der Waals surface area contributed by atoms with Crippen LogP contribution < -0.4 is 5.73 Å². The van der Waals surface area contributed by atoms with Crippen LogP contribution in [0.25, 0.3) is 0 Å². The van der Waals surface area contributed by atoms with Crippen molar-refractivity contribution in [3.63, 3.8) is 0 Å². The molecule has 0 aliphatic carbocycles. The second kappa shape index (κ2) is 3.87. The van der Waals surface area contributed by atoms with Gasteiger partial charge < -0.3 is 10.2 Å². The van der Waals surface area contributed by atoms with Crippen LogP contribution in [0.1, 0.15) is 28.7 Å². The maximum atomic E-state index is 6.10. The van der Waals surface area contributed by atoms with E-state index in [1.807, 2.05) is 32.0 Å². The van der Waals surface area contributed by atoms with E-state index in [0.717, 1.165) is 22.6 Å². The van der Waals surface area contributed by atoms with Crippen molar-refractivity contribution >= 4 is 0 Å². The molecular weight excluding hydrogens is 188 g/mol. The normalized spacial score (nSPS) is 12.7. The molecule has 15 heavy (non-hydrogen) atoms. The van der Waals surface area contributed by atoms with Gasteiger partial charge in [-0.05, 0) is 43.2 Å². The van der Waals surface area contributed by atoms with Gasteiger partial charge in [-0.3, -0.25) is 4.98 Å². The maximum Gasteiger partial charge on any atom is 0.125 e. The number of nitrogens with two attached hydrogens (primary N) is 1. The lowest BCUT2D eigenvalue weighted by Gasteiger charge is -2.11. The Balaban J connectivity index is 2.36. The van der Waals surface area contributed by atoms with Crippen LogP contribution in [0.3, 0.4) is 0 Å². The van der Waals surface area contributed by atoms with E-state index in [1.165, 1.54) is 0 Å². The van der Waals surface area contributed by atoms with Crippen molar-refractivity contribution in [3.8, 4) is 0 Å². The molecule has 0 spiro atoms. The molecule has 2 rings (SSSR count). The highest BCUT2D eigenvalue weighted by Gasteiger charge is 2.14. The van der Waals surface area contributed by atoms with E-state index in [9.17, 15) is 0 Å². The molecule has 2 N–H and O–H groups in total. The van der Waals surface area contributed by atoms with Crippen molar-refractivity contribution in [1.82, 2.24) is 4.98 Å². The Hall–Kier alpha value is -1.61. The summed E-state index contributed by atoms with van der Waals surface area (Å²) in [4.78, 5) is 4.08. The lowest BCUT2D eigenvalue weighted by Crippen LogP contribution is -2.12. The van der Waals surface area contributed by atoms with Gasteiger partial charge in [0.05, 0.1) is 6.04 Å². The van der Waals surface area contributed by atoms with Crippen molar-refractivity contribution in [2.45, 2.75) is 19.9 Å². The third-order valence-corrected chi connectivity index (χ3v) is 2.48. The highest BCUT2D eigenvalue weighted by atomic mass is 16.3. The number of hydrogen-bond donors (Lipinski definition) is 1. The molecule has 0 radical (unpaired) electrons. The second-order valence-corrected chi connectivity index (χ2v) is 3.66. The standard InChI is InChI=1S/C12H14N2O/c1-8-5-6-14-7-10(8)12(13)11-4-3-9(2)15-11/h3-7,12H,13H2,1-2H3. The number of hydrogen-bond acceptors (Lipinski definition) is 3. The van der Waals surface area contributed by atoms with Crippen LogP contribution in [-0.4, -0.2) is 4.98 Å². The number of pyridine rings is 1. The van der Waals surface area contributed by atoms with Crippen LogP contribution in [-0.2, 0) is 0 Å². The minimum atomic E-state index is -0.229. The van der Waals surface area contributed by atoms with Crippen molar-refractivity contribution in [2.75, 3.05) is 0 Å². The van der Waals surface area contributed by atoms with E-state index < -0.39 is 0 Å². The summed E-state index contributed by atoms with van der Waals surface area (Å²) in [5.74, 6) is 1.66. The topological polar surface area (TPSA) is 52.0 Å². The molecule has 0 bridgehead atoms. The summed E-state index contributed by atoms with van der Waals surface area (Å²) < 4.78 is 5.50. The van der Waals surface area contributed by atoms with Crippen LogP contribution in [0, 0.1) is 13.8 Å². The molecule has 2 heterocycles. The SMILES string of the molecule is Cc1ccc(C(N)c2cnccc2C)o1. The Morgan fingerprint density at radius 1 is 1.27 bits per heavy atom. The van der Waals surface area contributed by atoms with Gasteiger partial charge in [-0.2, -0.15) is 0 Å². The fraction of sp³-hybridized carbons (Fsp3) is 0.250. The van der Waals surface area contributed by atoms with Crippen LogP contribution in [0.2, 0.25) is 0 Å². The molecule has 0 fully saturated rings. The lowest BCUT2D eigenvalue weighted by molar-refractivity contribution is 0.465. The number of furan rings is 1. The highest BCUT2D eigenvalue weighted by molar-refractivity contribution is 5.30. The van der Waals surface area contributed by atoms with Gasteiger partial charge in [-0.15, -0.1) is 0 Å². The first kappa shape index (κ1) is 9.93. The van der Waals surface area contributed by atoms with Crippen molar-refractivity contribution in [1.29, 1.82) is 0 Å². The summed E-state index contributed by atoms with van der Waals surface area (Å²) in [7, 11) is 0. The molecule has 0 aliphatic rings. The summed E-state index contributed by atoms with van der Waals surface area (Å²) in [5, 5.41) is 0. The van der Waals surface area contributed by atoms with Gasteiger partial charge in [0.15, 0.2) is 0 Å². The Morgan fingerprint density at radius 3 is 2.67 bits per heavy atom. The molecule has 2 aromatic rings. The van der Waals surface area contributed by atoms with Gasteiger partial charge in [0, 0.05) is 12.4 Å². The summed E-state index contributed by atoms with van der Waals surface area (Å²) in [6, 6.07) is 5.55. The molecule has 1 atom stereocenters. The van der Waals surface area contributed by atoms with Gasteiger partial charge in [0.1, 0.15) is 11.5 Å². The van der Waals surface area contributed by atoms with Gasteiger partial charge in [-0.1, -0.05) is 0 Å². The molecule has 78 valence electrons. The van der Waals surface area contributed by atoms with E-state index in [1.54, 1.807) is 12.4 Å². The van der Waals surface area contributed by atoms with E-state index in [4.69, 9.17) is 10.2 Å². The van der Waals surface area contributed by atoms with E-state index in [0.29, 0.717) is 0 Å². The van der Waals surface area contributed by atoms with Crippen LogP contribution in [0.4, 0.5) is 0 Å². The first-order chi connectivity index (χ1) is 7.18. The predicted molar refractivity (Wildman–Crippen MR) is 58.4 cm³/mol. The van der Waals surface area contributed by atoms with E-state index in [2.05, 4.69) is 4.98 Å². The first-order valence-electron chi connectivity index (χ1n) is 4.91. The molecule has 0 aromatic carbocycles. The fourth-order valence-corrected chi connectivity index (χ4v) is 1.58. The second-order valence-electron chi connectivity index (χ2n) is 3.66.